The predicted octanol–water partition coefficient (Wildman–Crippen LogP) is -0.608. The lowest BCUT2D eigenvalue weighted by Gasteiger charge is -2.37. The number of aliphatic carboxylic acids is 1. The number of carbonyl (C=O) groups is 3. The standard InChI is InChI=1S/C15H15N3O6S/c1-15(2)10(14(21)22)18-12(20)9(13(18)25(15,23)24)6-8-5-7(11(16)19)3-4-17-8/h3-6,10,13H,1-2H3,(H2,16,19)(H,21,22)/b9-6-/t10-,13+/m0/s1. The molecule has 25 heavy (non-hydrogen) atoms. The second-order valence-corrected chi connectivity index (χ2v) is 8.98. The first-order valence-corrected chi connectivity index (χ1v) is 8.81. The molecule has 3 rings (SSSR count). The maximum atomic E-state index is 12.7. The van der Waals surface area contributed by atoms with Gasteiger partial charge in [-0.1, -0.05) is 0 Å². The first-order chi connectivity index (χ1) is 11.5. The van der Waals surface area contributed by atoms with Crippen molar-refractivity contribution in [2.75, 3.05) is 0 Å². The molecule has 2 aliphatic rings. The van der Waals surface area contributed by atoms with Crippen molar-refractivity contribution in [2.45, 2.75) is 30.0 Å². The van der Waals surface area contributed by atoms with E-state index >= 15 is 0 Å². The summed E-state index contributed by atoms with van der Waals surface area (Å²) in [5.41, 5.74) is 5.44. The highest BCUT2D eigenvalue weighted by molar-refractivity contribution is 7.94. The SMILES string of the molecule is CC1(C)[C@H](C(=O)O)N2C(=O)/C(=C/c3cc(C(N)=O)ccn3)[C@H]2S1(=O)=O. The van der Waals surface area contributed by atoms with Crippen LogP contribution in [0.25, 0.3) is 6.08 Å². The van der Waals surface area contributed by atoms with E-state index in [0.29, 0.717) is 0 Å². The number of pyridine rings is 1. The lowest BCUT2D eigenvalue weighted by atomic mass is 9.95. The number of sulfone groups is 1. The van der Waals surface area contributed by atoms with Crippen LogP contribution in [0.1, 0.15) is 29.9 Å². The van der Waals surface area contributed by atoms with Gasteiger partial charge in [-0.25, -0.2) is 13.2 Å². The van der Waals surface area contributed by atoms with Gasteiger partial charge in [0.1, 0.15) is 4.75 Å². The van der Waals surface area contributed by atoms with E-state index in [0.717, 1.165) is 4.90 Å². The maximum Gasteiger partial charge on any atom is 0.328 e. The van der Waals surface area contributed by atoms with Crippen molar-refractivity contribution in [3.63, 3.8) is 0 Å². The van der Waals surface area contributed by atoms with Crippen LogP contribution < -0.4 is 5.73 Å². The van der Waals surface area contributed by atoms with Crippen LogP contribution in [0.2, 0.25) is 0 Å². The van der Waals surface area contributed by atoms with Gasteiger partial charge in [-0.15, -0.1) is 0 Å². The van der Waals surface area contributed by atoms with Crippen LogP contribution in [0.15, 0.2) is 23.9 Å². The molecule has 2 fully saturated rings. The number of amides is 2. The Morgan fingerprint density at radius 3 is 2.60 bits per heavy atom. The monoisotopic (exact) mass is 365 g/mol. The highest BCUT2D eigenvalue weighted by atomic mass is 32.2. The number of carbonyl (C=O) groups excluding carboxylic acids is 2. The van der Waals surface area contributed by atoms with Crippen molar-refractivity contribution in [1.29, 1.82) is 0 Å². The zero-order valence-corrected chi connectivity index (χ0v) is 14.1. The van der Waals surface area contributed by atoms with Gasteiger partial charge in [0.2, 0.25) is 5.91 Å². The van der Waals surface area contributed by atoms with Crippen LogP contribution in [-0.4, -0.2) is 57.4 Å². The second kappa shape index (κ2) is 5.12. The fourth-order valence-corrected chi connectivity index (χ4v) is 5.30. The Hall–Kier alpha value is -2.75. The number of fused-ring (bicyclic) bond motifs is 1. The van der Waals surface area contributed by atoms with Gasteiger partial charge in [-0.3, -0.25) is 14.6 Å². The number of nitrogens with zero attached hydrogens (tertiary/aromatic N) is 2. The molecule has 2 saturated heterocycles. The van der Waals surface area contributed by atoms with E-state index in [2.05, 4.69) is 4.98 Å². The molecule has 2 aliphatic heterocycles. The summed E-state index contributed by atoms with van der Waals surface area (Å²) in [7, 11) is -3.95. The number of nitrogens with two attached hydrogens (primary N) is 1. The van der Waals surface area contributed by atoms with Crippen LogP contribution in [0.3, 0.4) is 0 Å². The van der Waals surface area contributed by atoms with E-state index in [9.17, 15) is 27.9 Å². The Kier molecular flexibility index (Phi) is 3.50. The minimum Gasteiger partial charge on any atom is -0.480 e. The van der Waals surface area contributed by atoms with Crippen molar-refractivity contribution in [3.8, 4) is 0 Å². The Labute approximate surface area is 143 Å². The van der Waals surface area contributed by atoms with E-state index in [1.54, 1.807) is 0 Å². The smallest absolute Gasteiger partial charge is 0.328 e. The summed E-state index contributed by atoms with van der Waals surface area (Å²) in [5.74, 6) is -2.75. The third-order valence-corrected chi connectivity index (χ3v) is 7.33. The van der Waals surface area contributed by atoms with Crippen LogP contribution >= 0.6 is 0 Å². The van der Waals surface area contributed by atoms with Crippen molar-refractivity contribution < 1.29 is 27.9 Å². The van der Waals surface area contributed by atoms with Gasteiger partial charge in [0.05, 0.1) is 11.3 Å². The summed E-state index contributed by atoms with van der Waals surface area (Å²) >= 11 is 0. The molecule has 2 amide bonds. The van der Waals surface area contributed by atoms with Crippen LogP contribution in [0.4, 0.5) is 0 Å². The van der Waals surface area contributed by atoms with Gasteiger partial charge >= 0.3 is 5.97 Å². The van der Waals surface area contributed by atoms with E-state index in [4.69, 9.17) is 5.73 Å². The molecule has 0 aliphatic carbocycles. The van der Waals surface area contributed by atoms with Gasteiger partial charge in [0, 0.05) is 11.8 Å². The first-order valence-electron chi connectivity index (χ1n) is 7.26. The minimum absolute atomic E-state index is 0.0778. The molecular formula is C15H15N3O6S. The molecule has 0 unspecified atom stereocenters. The average Bonchev–Trinajstić information content (AvgIpc) is 2.66. The van der Waals surface area contributed by atoms with Crippen molar-refractivity contribution in [3.05, 3.63) is 35.2 Å². The molecule has 0 saturated carbocycles. The fourth-order valence-electron chi connectivity index (χ4n) is 3.18. The van der Waals surface area contributed by atoms with Crippen molar-refractivity contribution in [1.82, 2.24) is 9.88 Å². The summed E-state index contributed by atoms with van der Waals surface area (Å²) < 4.78 is 23.8. The molecule has 0 aromatic carbocycles. The Morgan fingerprint density at radius 2 is 2.04 bits per heavy atom. The highest BCUT2D eigenvalue weighted by Crippen LogP contribution is 2.48. The summed E-state index contributed by atoms with van der Waals surface area (Å²) in [5, 5.41) is 8.02. The normalized spacial score (nSPS) is 27.7. The third-order valence-electron chi connectivity index (χ3n) is 4.57. The number of carboxylic acid groups (broad SMARTS) is 1. The molecule has 132 valence electrons. The van der Waals surface area contributed by atoms with Crippen LogP contribution in [0, 0.1) is 0 Å². The lowest BCUT2D eigenvalue weighted by Crippen LogP contribution is -2.58. The minimum atomic E-state index is -3.95. The number of β-lactam (4-membered cyclic amide) rings is 1. The van der Waals surface area contributed by atoms with E-state index in [1.807, 2.05) is 0 Å². The molecule has 10 heteroatoms. The third kappa shape index (κ3) is 2.17. The van der Waals surface area contributed by atoms with Gasteiger partial charge in [0.15, 0.2) is 21.3 Å². The molecule has 0 spiro atoms. The quantitative estimate of drug-likeness (QED) is 0.536. The van der Waals surface area contributed by atoms with Gasteiger partial charge in [0.25, 0.3) is 5.91 Å². The van der Waals surface area contributed by atoms with Gasteiger partial charge in [-0.05, 0) is 32.1 Å². The maximum absolute atomic E-state index is 12.7. The van der Waals surface area contributed by atoms with Crippen molar-refractivity contribution in [2.24, 2.45) is 5.73 Å². The molecule has 2 atom stereocenters. The number of primary amides is 1. The molecule has 1 aromatic rings. The number of rotatable bonds is 3. The van der Waals surface area contributed by atoms with Gasteiger partial charge in [-0.2, -0.15) is 0 Å². The molecule has 0 bridgehead atoms. The van der Waals surface area contributed by atoms with Crippen molar-refractivity contribution >= 4 is 33.7 Å². The van der Waals surface area contributed by atoms with Crippen LogP contribution in [0.5, 0.6) is 0 Å². The van der Waals surface area contributed by atoms with Crippen LogP contribution in [-0.2, 0) is 19.4 Å². The lowest BCUT2D eigenvalue weighted by molar-refractivity contribution is -0.152. The largest absolute Gasteiger partial charge is 0.480 e. The molecule has 0 radical (unpaired) electrons. The summed E-state index contributed by atoms with van der Waals surface area (Å²) in [6.45, 7) is 2.58. The molecule has 3 N–H and O–H groups in total. The number of aromatic nitrogens is 1. The number of hydrogen-bond acceptors (Lipinski definition) is 6. The van der Waals surface area contributed by atoms with E-state index < -0.39 is 43.8 Å². The predicted molar refractivity (Wildman–Crippen MR) is 85.8 cm³/mol. The summed E-state index contributed by atoms with van der Waals surface area (Å²) in [4.78, 5) is 39.9. The zero-order valence-electron chi connectivity index (χ0n) is 13.3. The zero-order chi connectivity index (χ0) is 18.7. The molecule has 1 aromatic heterocycles. The van der Waals surface area contributed by atoms with Gasteiger partial charge < -0.3 is 15.7 Å². The first kappa shape index (κ1) is 17.1. The number of carboxylic acids is 1. The summed E-state index contributed by atoms with van der Waals surface area (Å²) in [6.07, 6.45) is 2.55. The second-order valence-electron chi connectivity index (χ2n) is 6.39. The van der Waals surface area contributed by atoms with E-state index in [1.165, 1.54) is 38.3 Å². The summed E-state index contributed by atoms with van der Waals surface area (Å²) in [6, 6.07) is 1.25. The fraction of sp³-hybridized carbons (Fsp3) is 0.333. The number of hydrogen-bond donors (Lipinski definition) is 2. The average molecular weight is 365 g/mol. The topological polar surface area (TPSA) is 148 Å². The highest BCUT2D eigenvalue weighted by Gasteiger charge is 2.70. The Balaban J connectivity index is 2.08. The molecule has 3 heterocycles. The molecular weight excluding hydrogens is 350 g/mol. The Bertz CT molecular complexity index is 950. The van der Waals surface area contributed by atoms with E-state index in [-0.39, 0.29) is 16.8 Å². The Morgan fingerprint density at radius 1 is 1.40 bits per heavy atom. The molecule has 9 nitrogen and oxygen atoms in total.